The van der Waals surface area contributed by atoms with Crippen LogP contribution in [0.1, 0.15) is 29.8 Å². The third-order valence-corrected chi connectivity index (χ3v) is 4.62. The fraction of sp³-hybridized carbons (Fsp3) is 0.316. The number of ether oxygens (including phenoxy) is 1. The molecule has 0 fully saturated rings. The van der Waals surface area contributed by atoms with Crippen LogP contribution >= 0.6 is 11.3 Å². The number of hydrogen-bond acceptors (Lipinski definition) is 5. The molecule has 1 atom stereocenters. The minimum absolute atomic E-state index is 0.0196. The van der Waals surface area contributed by atoms with Gasteiger partial charge in [0.1, 0.15) is 6.61 Å². The molecule has 1 heterocycles. The zero-order valence-electron chi connectivity index (χ0n) is 15.3. The van der Waals surface area contributed by atoms with Crippen LogP contribution in [0.5, 0.6) is 0 Å². The third-order valence-electron chi connectivity index (χ3n) is 3.63. The second-order valence-electron chi connectivity index (χ2n) is 5.93. The molecule has 1 aromatic heterocycles. The van der Waals surface area contributed by atoms with Gasteiger partial charge >= 0.3 is 0 Å². The van der Waals surface area contributed by atoms with Crippen LogP contribution in [0.4, 0.5) is 5.69 Å². The molecule has 0 saturated carbocycles. The van der Waals surface area contributed by atoms with E-state index in [1.54, 1.807) is 18.2 Å². The number of amides is 3. The van der Waals surface area contributed by atoms with E-state index in [2.05, 4.69) is 16.0 Å². The minimum Gasteiger partial charge on any atom is -0.375 e. The summed E-state index contributed by atoms with van der Waals surface area (Å²) >= 11 is 1.50. The lowest BCUT2D eigenvalue weighted by Gasteiger charge is -2.16. The predicted octanol–water partition coefficient (Wildman–Crippen LogP) is 2.22. The van der Waals surface area contributed by atoms with Crippen molar-refractivity contribution in [3.63, 3.8) is 0 Å². The van der Waals surface area contributed by atoms with Gasteiger partial charge in [-0.15, -0.1) is 11.3 Å². The van der Waals surface area contributed by atoms with E-state index in [1.807, 2.05) is 23.6 Å². The predicted molar refractivity (Wildman–Crippen MR) is 104 cm³/mol. The fourth-order valence-corrected chi connectivity index (χ4v) is 3.28. The summed E-state index contributed by atoms with van der Waals surface area (Å²) < 4.78 is 4.78. The van der Waals surface area contributed by atoms with Crippen LogP contribution < -0.4 is 16.0 Å². The molecule has 2 rings (SSSR count). The van der Waals surface area contributed by atoms with Crippen LogP contribution in [0.25, 0.3) is 0 Å². The maximum absolute atomic E-state index is 12.3. The van der Waals surface area contributed by atoms with Gasteiger partial charge in [-0.2, -0.15) is 0 Å². The summed E-state index contributed by atoms with van der Waals surface area (Å²) in [6.45, 7) is 1.74. The molecule has 144 valence electrons. The van der Waals surface area contributed by atoms with Gasteiger partial charge in [0.15, 0.2) is 0 Å². The molecule has 2 aromatic rings. The van der Waals surface area contributed by atoms with E-state index in [-0.39, 0.29) is 36.8 Å². The molecule has 1 aromatic carbocycles. The maximum atomic E-state index is 12.3. The lowest BCUT2D eigenvalue weighted by atomic mass is 10.1. The second kappa shape index (κ2) is 10.4. The van der Waals surface area contributed by atoms with E-state index in [4.69, 9.17) is 4.74 Å². The monoisotopic (exact) mass is 389 g/mol. The Bertz CT molecular complexity index is 777. The van der Waals surface area contributed by atoms with Crippen molar-refractivity contribution < 1.29 is 19.1 Å². The molecular formula is C19H23N3O4S. The van der Waals surface area contributed by atoms with Gasteiger partial charge in [-0.05, 0) is 29.1 Å². The SMILES string of the molecule is COCC(=O)Nc1cccc(CNC(=O)CC(NC(C)=O)c2cccs2)c1. The van der Waals surface area contributed by atoms with Crippen molar-refractivity contribution >= 4 is 34.7 Å². The summed E-state index contributed by atoms with van der Waals surface area (Å²) in [5.41, 5.74) is 1.49. The summed E-state index contributed by atoms with van der Waals surface area (Å²) in [5.74, 6) is -0.593. The van der Waals surface area contributed by atoms with Crippen molar-refractivity contribution in [2.45, 2.75) is 25.9 Å². The summed E-state index contributed by atoms with van der Waals surface area (Å²) in [6, 6.07) is 10.6. The topological polar surface area (TPSA) is 96.5 Å². The Balaban J connectivity index is 1.90. The van der Waals surface area contributed by atoms with E-state index in [0.717, 1.165) is 10.4 Å². The Morgan fingerprint density at radius 3 is 2.63 bits per heavy atom. The number of benzene rings is 1. The number of rotatable bonds is 9. The number of thiophene rings is 1. The molecule has 0 aliphatic heterocycles. The number of carbonyl (C=O) groups is 3. The highest BCUT2D eigenvalue weighted by atomic mass is 32.1. The molecule has 0 aliphatic carbocycles. The van der Waals surface area contributed by atoms with Crippen LogP contribution in [-0.2, 0) is 25.7 Å². The van der Waals surface area contributed by atoms with Gasteiger partial charge in [0.25, 0.3) is 0 Å². The highest BCUT2D eigenvalue weighted by Crippen LogP contribution is 2.22. The quantitative estimate of drug-likeness (QED) is 0.613. The summed E-state index contributed by atoms with van der Waals surface area (Å²) in [5, 5.41) is 10.3. The molecule has 0 aliphatic rings. The van der Waals surface area contributed by atoms with E-state index < -0.39 is 0 Å². The average Bonchev–Trinajstić information content (AvgIpc) is 3.14. The van der Waals surface area contributed by atoms with Gasteiger partial charge in [-0.1, -0.05) is 18.2 Å². The molecule has 27 heavy (non-hydrogen) atoms. The highest BCUT2D eigenvalue weighted by molar-refractivity contribution is 7.10. The molecule has 3 amide bonds. The Labute approximate surface area is 162 Å². The first-order valence-electron chi connectivity index (χ1n) is 8.43. The Hall–Kier alpha value is -2.71. The van der Waals surface area contributed by atoms with E-state index >= 15 is 0 Å². The molecule has 8 heteroatoms. The second-order valence-corrected chi connectivity index (χ2v) is 6.91. The highest BCUT2D eigenvalue weighted by Gasteiger charge is 2.17. The molecule has 3 N–H and O–H groups in total. The lowest BCUT2D eigenvalue weighted by Crippen LogP contribution is -2.32. The molecule has 0 spiro atoms. The van der Waals surface area contributed by atoms with Gasteiger partial charge in [-0.25, -0.2) is 0 Å². The van der Waals surface area contributed by atoms with E-state index in [1.165, 1.54) is 25.4 Å². The van der Waals surface area contributed by atoms with E-state index in [0.29, 0.717) is 12.2 Å². The van der Waals surface area contributed by atoms with Crippen molar-refractivity contribution in [1.29, 1.82) is 0 Å². The van der Waals surface area contributed by atoms with Gasteiger partial charge in [-0.3, -0.25) is 14.4 Å². The first-order chi connectivity index (χ1) is 13.0. The van der Waals surface area contributed by atoms with Crippen molar-refractivity contribution in [3.8, 4) is 0 Å². The normalized spacial score (nSPS) is 11.5. The van der Waals surface area contributed by atoms with Crippen molar-refractivity contribution in [2.24, 2.45) is 0 Å². The Morgan fingerprint density at radius 1 is 1.15 bits per heavy atom. The number of nitrogens with one attached hydrogen (secondary N) is 3. The number of hydrogen-bond donors (Lipinski definition) is 3. The lowest BCUT2D eigenvalue weighted by molar-refractivity contribution is -0.123. The zero-order valence-corrected chi connectivity index (χ0v) is 16.1. The Kier molecular flexibility index (Phi) is 7.97. The molecule has 7 nitrogen and oxygen atoms in total. The first kappa shape index (κ1) is 20.6. The zero-order chi connectivity index (χ0) is 19.6. The summed E-state index contributed by atoms with van der Waals surface area (Å²) in [6.07, 6.45) is 0.157. The van der Waals surface area contributed by atoms with Gasteiger partial charge < -0.3 is 20.7 Å². The average molecular weight is 389 g/mol. The summed E-state index contributed by atoms with van der Waals surface area (Å²) in [7, 11) is 1.45. The third kappa shape index (κ3) is 7.20. The molecule has 1 unspecified atom stereocenters. The van der Waals surface area contributed by atoms with Crippen LogP contribution in [-0.4, -0.2) is 31.4 Å². The van der Waals surface area contributed by atoms with Crippen molar-refractivity contribution in [1.82, 2.24) is 10.6 Å². The summed E-state index contributed by atoms with van der Waals surface area (Å²) in [4.78, 5) is 36.2. The number of anilines is 1. The largest absolute Gasteiger partial charge is 0.375 e. The van der Waals surface area contributed by atoms with Crippen LogP contribution in [0.2, 0.25) is 0 Å². The number of carbonyl (C=O) groups excluding carboxylic acids is 3. The molecule has 0 bridgehead atoms. The Morgan fingerprint density at radius 2 is 1.96 bits per heavy atom. The minimum atomic E-state index is -0.345. The molecular weight excluding hydrogens is 366 g/mol. The van der Waals surface area contributed by atoms with E-state index in [9.17, 15) is 14.4 Å². The van der Waals surface area contributed by atoms with Gasteiger partial charge in [0.2, 0.25) is 17.7 Å². The van der Waals surface area contributed by atoms with Crippen molar-refractivity contribution in [2.75, 3.05) is 19.0 Å². The number of methoxy groups -OCH3 is 1. The van der Waals surface area contributed by atoms with Crippen molar-refractivity contribution in [3.05, 3.63) is 52.2 Å². The first-order valence-corrected chi connectivity index (χ1v) is 9.31. The smallest absolute Gasteiger partial charge is 0.250 e. The van der Waals surface area contributed by atoms with Gasteiger partial charge in [0.05, 0.1) is 12.5 Å². The molecule has 0 radical (unpaired) electrons. The standard InChI is InChI=1S/C19H23N3O4S/c1-13(23)21-16(17-7-4-8-27-17)10-18(24)20-11-14-5-3-6-15(9-14)22-19(25)12-26-2/h3-9,16H,10-12H2,1-2H3,(H,20,24)(H,21,23)(H,22,25). The maximum Gasteiger partial charge on any atom is 0.250 e. The van der Waals surface area contributed by atoms with Crippen LogP contribution in [0.3, 0.4) is 0 Å². The van der Waals surface area contributed by atoms with Crippen LogP contribution in [0.15, 0.2) is 41.8 Å². The molecule has 0 saturated heterocycles. The van der Waals surface area contributed by atoms with Gasteiger partial charge in [0, 0.05) is 31.1 Å². The van der Waals surface area contributed by atoms with Crippen LogP contribution in [0, 0.1) is 0 Å². The fourth-order valence-electron chi connectivity index (χ4n) is 2.50.